The number of carboxylic acid groups (broad SMARTS) is 2. The Kier molecular flexibility index (Phi) is 16.1. The summed E-state index contributed by atoms with van der Waals surface area (Å²) in [4.78, 5) is 71.6. The van der Waals surface area contributed by atoms with Crippen molar-refractivity contribution in [3.63, 3.8) is 0 Å². The van der Waals surface area contributed by atoms with Gasteiger partial charge in [0.2, 0.25) is 23.6 Å². The molecule has 0 aliphatic carbocycles. The molecule has 0 radical (unpaired) electrons. The van der Waals surface area contributed by atoms with Crippen molar-refractivity contribution < 1.29 is 39.0 Å². The molecule has 14 nitrogen and oxygen atoms in total. The number of hydrogen-bond acceptors (Lipinski definition) is 9. The Morgan fingerprint density at radius 2 is 1.40 bits per heavy atom. The van der Waals surface area contributed by atoms with Crippen LogP contribution in [-0.2, 0) is 28.8 Å². The summed E-state index contributed by atoms with van der Waals surface area (Å²) in [6, 6.07) is -5.08. The van der Waals surface area contributed by atoms with E-state index >= 15 is 0 Å². The van der Waals surface area contributed by atoms with Gasteiger partial charge >= 0.3 is 11.9 Å². The van der Waals surface area contributed by atoms with E-state index < -0.39 is 72.6 Å². The molecule has 0 spiro atoms. The number of carboxylic acids is 2. The smallest absolute Gasteiger partial charge is 0.326 e. The van der Waals surface area contributed by atoms with Crippen LogP contribution in [0, 0.1) is 0 Å². The van der Waals surface area contributed by atoms with Crippen molar-refractivity contribution in [2.45, 2.75) is 69.1 Å². The van der Waals surface area contributed by atoms with Crippen molar-refractivity contribution in [1.29, 1.82) is 0 Å². The van der Waals surface area contributed by atoms with E-state index in [1.165, 1.54) is 11.8 Å². The van der Waals surface area contributed by atoms with Crippen molar-refractivity contribution >= 4 is 47.3 Å². The predicted molar refractivity (Wildman–Crippen MR) is 128 cm³/mol. The fourth-order valence-corrected chi connectivity index (χ4v) is 3.39. The molecule has 0 bridgehead atoms. The summed E-state index contributed by atoms with van der Waals surface area (Å²) < 4.78 is 0. The number of unbranched alkanes of at least 4 members (excludes halogenated alkanes) is 1. The zero-order chi connectivity index (χ0) is 27.0. The first-order chi connectivity index (χ1) is 16.4. The Labute approximate surface area is 207 Å². The Hall–Kier alpha value is -2.91. The number of thioether (sulfide) groups is 1. The van der Waals surface area contributed by atoms with Gasteiger partial charge in [-0.25, -0.2) is 4.79 Å². The van der Waals surface area contributed by atoms with Gasteiger partial charge in [-0.15, -0.1) is 0 Å². The van der Waals surface area contributed by atoms with E-state index in [0.717, 1.165) is 0 Å². The Balaban J connectivity index is 5.50. The molecule has 11 N–H and O–H groups in total. The number of aliphatic carboxylic acids is 2. The van der Waals surface area contributed by atoms with Crippen LogP contribution in [0.15, 0.2) is 0 Å². The maximum absolute atomic E-state index is 12.9. The normalized spacial score (nSPS) is 14.1. The van der Waals surface area contributed by atoms with Crippen LogP contribution in [-0.4, -0.2) is 88.5 Å². The quantitative estimate of drug-likeness (QED) is 0.0824. The minimum Gasteiger partial charge on any atom is -0.481 e. The molecular weight excluding hydrogens is 484 g/mol. The van der Waals surface area contributed by atoms with Gasteiger partial charge in [0.1, 0.15) is 18.1 Å². The highest BCUT2D eigenvalue weighted by molar-refractivity contribution is 7.98. The van der Waals surface area contributed by atoms with Crippen molar-refractivity contribution in [1.82, 2.24) is 16.0 Å². The van der Waals surface area contributed by atoms with E-state index in [9.17, 15) is 33.9 Å². The van der Waals surface area contributed by atoms with Crippen LogP contribution in [0.4, 0.5) is 0 Å². The van der Waals surface area contributed by atoms with Gasteiger partial charge in [-0.05, 0) is 50.7 Å². The molecule has 0 saturated heterocycles. The zero-order valence-electron chi connectivity index (χ0n) is 19.7. The third kappa shape index (κ3) is 14.2. The van der Waals surface area contributed by atoms with E-state index in [-0.39, 0.29) is 12.8 Å². The number of nitrogens with two attached hydrogens (primary N) is 3. The zero-order valence-corrected chi connectivity index (χ0v) is 20.5. The highest BCUT2D eigenvalue weighted by atomic mass is 32.2. The summed E-state index contributed by atoms with van der Waals surface area (Å²) in [5.41, 5.74) is 16.5. The summed E-state index contributed by atoms with van der Waals surface area (Å²) in [5.74, 6) is -5.40. The second-order valence-corrected chi connectivity index (χ2v) is 8.78. The number of rotatable bonds is 19. The van der Waals surface area contributed by atoms with Crippen LogP contribution in [0.1, 0.15) is 44.9 Å². The van der Waals surface area contributed by atoms with E-state index in [1.54, 1.807) is 0 Å². The predicted octanol–water partition coefficient (Wildman–Crippen LogP) is -2.52. The van der Waals surface area contributed by atoms with E-state index in [2.05, 4.69) is 16.0 Å². The molecule has 200 valence electrons. The third-order valence-electron chi connectivity index (χ3n) is 4.85. The first-order valence-electron chi connectivity index (χ1n) is 11.0. The Morgan fingerprint density at radius 1 is 0.829 bits per heavy atom. The van der Waals surface area contributed by atoms with Crippen LogP contribution < -0.4 is 33.2 Å². The van der Waals surface area contributed by atoms with Crippen molar-refractivity contribution in [3.8, 4) is 0 Å². The first kappa shape index (κ1) is 32.1. The SMILES string of the molecule is CSCCC(N)C(=O)NC(CC(N)=O)C(=O)NC(CCCCN)C(=O)NC(CCC(=O)O)C(=O)O. The highest BCUT2D eigenvalue weighted by Gasteiger charge is 2.31. The van der Waals surface area contributed by atoms with Crippen molar-refractivity contribution in [2.75, 3.05) is 18.6 Å². The fraction of sp³-hybridized carbons (Fsp3) is 0.700. The minimum atomic E-state index is -1.50. The van der Waals surface area contributed by atoms with Gasteiger partial charge in [0, 0.05) is 6.42 Å². The summed E-state index contributed by atoms with van der Waals surface area (Å²) in [6.45, 7) is 0.312. The van der Waals surface area contributed by atoms with Gasteiger partial charge in [-0.2, -0.15) is 11.8 Å². The van der Waals surface area contributed by atoms with Crippen LogP contribution in [0.25, 0.3) is 0 Å². The second-order valence-electron chi connectivity index (χ2n) is 7.80. The molecule has 0 aromatic carbocycles. The summed E-state index contributed by atoms with van der Waals surface area (Å²) in [6.07, 6.45) is 1.72. The van der Waals surface area contributed by atoms with Crippen LogP contribution in [0.3, 0.4) is 0 Å². The minimum absolute atomic E-state index is 0.0739. The lowest BCUT2D eigenvalue weighted by Crippen LogP contribution is -2.57. The number of hydrogen-bond donors (Lipinski definition) is 8. The third-order valence-corrected chi connectivity index (χ3v) is 5.49. The van der Waals surface area contributed by atoms with Gasteiger partial charge in [0.15, 0.2) is 0 Å². The summed E-state index contributed by atoms with van der Waals surface area (Å²) in [7, 11) is 0. The highest BCUT2D eigenvalue weighted by Crippen LogP contribution is 2.06. The van der Waals surface area contributed by atoms with Crippen molar-refractivity contribution in [3.05, 3.63) is 0 Å². The standard InChI is InChI=1S/C20H36N6O8S/c1-35-9-7-11(22)17(30)26-14(10-15(23)27)19(32)24-12(4-2-3-8-21)18(31)25-13(20(33)34)5-6-16(28)29/h11-14H,2-10,21-22H2,1H3,(H2,23,27)(H,24,32)(H,25,31)(H,26,30)(H,28,29)(H,33,34). The molecule has 0 aromatic rings. The molecule has 4 amide bonds. The van der Waals surface area contributed by atoms with Gasteiger partial charge in [-0.3, -0.25) is 24.0 Å². The maximum atomic E-state index is 12.9. The molecular formula is C20H36N6O8S. The second kappa shape index (κ2) is 17.5. The van der Waals surface area contributed by atoms with Gasteiger partial charge in [-0.1, -0.05) is 0 Å². The lowest BCUT2D eigenvalue weighted by molar-refractivity contribution is -0.143. The lowest BCUT2D eigenvalue weighted by Gasteiger charge is -2.25. The summed E-state index contributed by atoms with van der Waals surface area (Å²) in [5, 5.41) is 25.1. The first-order valence-corrected chi connectivity index (χ1v) is 12.4. The monoisotopic (exact) mass is 520 g/mol. The Bertz CT molecular complexity index is 753. The molecule has 0 heterocycles. The summed E-state index contributed by atoms with van der Waals surface area (Å²) >= 11 is 1.47. The van der Waals surface area contributed by atoms with Gasteiger partial charge < -0.3 is 43.4 Å². The molecule has 15 heteroatoms. The largest absolute Gasteiger partial charge is 0.481 e. The lowest BCUT2D eigenvalue weighted by atomic mass is 10.1. The molecule has 0 rings (SSSR count). The number of carbonyl (C=O) groups excluding carboxylic acids is 4. The number of nitrogens with one attached hydrogen (secondary N) is 3. The van der Waals surface area contributed by atoms with E-state index in [4.69, 9.17) is 22.3 Å². The molecule has 0 aliphatic heterocycles. The molecule has 0 aliphatic rings. The van der Waals surface area contributed by atoms with Gasteiger partial charge in [0.05, 0.1) is 12.5 Å². The molecule has 4 unspecified atom stereocenters. The van der Waals surface area contributed by atoms with Crippen LogP contribution in [0.5, 0.6) is 0 Å². The average Bonchev–Trinajstić information content (AvgIpc) is 2.78. The van der Waals surface area contributed by atoms with E-state index in [0.29, 0.717) is 31.6 Å². The number of primary amides is 1. The molecule has 0 aromatic heterocycles. The van der Waals surface area contributed by atoms with Crippen LogP contribution >= 0.6 is 11.8 Å². The van der Waals surface area contributed by atoms with Crippen molar-refractivity contribution in [2.24, 2.45) is 17.2 Å². The maximum Gasteiger partial charge on any atom is 0.326 e. The molecule has 35 heavy (non-hydrogen) atoms. The van der Waals surface area contributed by atoms with Gasteiger partial charge in [0.25, 0.3) is 0 Å². The van der Waals surface area contributed by atoms with Crippen LogP contribution in [0.2, 0.25) is 0 Å². The average molecular weight is 521 g/mol. The molecule has 0 fully saturated rings. The topological polar surface area (TPSA) is 257 Å². The van der Waals surface area contributed by atoms with E-state index in [1.807, 2.05) is 6.26 Å². The molecule has 4 atom stereocenters. The Morgan fingerprint density at radius 3 is 1.91 bits per heavy atom. The number of amides is 4. The molecule has 0 saturated carbocycles. The fourth-order valence-electron chi connectivity index (χ4n) is 2.90. The number of carbonyl (C=O) groups is 6.